The van der Waals surface area contributed by atoms with Crippen LogP contribution in [0.15, 0.2) is 59.7 Å². The van der Waals surface area contributed by atoms with Crippen LogP contribution in [0.3, 0.4) is 0 Å². The van der Waals surface area contributed by atoms with Crippen molar-refractivity contribution in [3.05, 3.63) is 76.0 Å². The average Bonchev–Trinajstić information content (AvgIpc) is 2.92. The van der Waals surface area contributed by atoms with E-state index in [-0.39, 0.29) is 0 Å². The fourth-order valence-corrected chi connectivity index (χ4v) is 2.93. The summed E-state index contributed by atoms with van der Waals surface area (Å²) in [7, 11) is 0. The molecule has 0 bridgehead atoms. The Morgan fingerprint density at radius 1 is 1.12 bits per heavy atom. The fourth-order valence-electron chi connectivity index (χ4n) is 2.27. The minimum Gasteiger partial charge on any atom is -0.330 e. The van der Waals surface area contributed by atoms with Crippen LogP contribution >= 0.6 is 35.4 Å². The maximum Gasteiger partial charge on any atom is 0.191 e. The van der Waals surface area contributed by atoms with E-state index in [0.29, 0.717) is 26.5 Å². The van der Waals surface area contributed by atoms with Gasteiger partial charge in [0.05, 0.1) is 33.9 Å². The maximum atomic E-state index is 6.45. The van der Waals surface area contributed by atoms with E-state index in [9.17, 15) is 0 Å². The molecule has 5 nitrogen and oxygen atoms in total. The molecule has 0 saturated heterocycles. The molecule has 0 atom stereocenters. The van der Waals surface area contributed by atoms with Gasteiger partial charge in [-0.15, -0.1) is 0 Å². The van der Waals surface area contributed by atoms with Gasteiger partial charge in [-0.1, -0.05) is 53.5 Å². The number of hydrazone groups is 1. The molecule has 2 aromatic carbocycles. The number of halogens is 2. The number of nitrogens with zero attached hydrogens (tertiary/aromatic N) is 3. The first-order valence-corrected chi connectivity index (χ1v) is 8.88. The van der Waals surface area contributed by atoms with Crippen LogP contribution in [0.1, 0.15) is 11.3 Å². The van der Waals surface area contributed by atoms with E-state index >= 15 is 0 Å². The monoisotopic (exact) mass is 403 g/mol. The first-order valence-electron chi connectivity index (χ1n) is 7.71. The van der Waals surface area contributed by atoms with Gasteiger partial charge in [-0.05, 0) is 43.4 Å². The van der Waals surface area contributed by atoms with E-state index in [1.54, 1.807) is 17.0 Å². The summed E-state index contributed by atoms with van der Waals surface area (Å²) in [6, 6.07) is 17.0. The summed E-state index contributed by atoms with van der Waals surface area (Å²) >= 11 is 17.7. The maximum absolute atomic E-state index is 6.45. The lowest BCUT2D eigenvalue weighted by Gasteiger charge is -2.08. The lowest BCUT2D eigenvalue weighted by Crippen LogP contribution is -2.24. The molecule has 0 aliphatic heterocycles. The van der Waals surface area contributed by atoms with Crippen LogP contribution in [0.2, 0.25) is 10.2 Å². The molecule has 3 aromatic rings. The largest absolute Gasteiger partial charge is 0.330 e. The zero-order chi connectivity index (χ0) is 18.5. The highest BCUT2D eigenvalue weighted by atomic mass is 35.5. The number of nitrogens with one attached hydrogen (secondary N) is 2. The molecule has 0 saturated carbocycles. The fraction of sp³-hybridized carbons (Fsp3) is 0.0556. The number of hydrogen-bond acceptors (Lipinski definition) is 3. The van der Waals surface area contributed by atoms with E-state index in [4.69, 9.17) is 35.4 Å². The van der Waals surface area contributed by atoms with Crippen molar-refractivity contribution in [2.24, 2.45) is 5.10 Å². The molecule has 0 unspecified atom stereocenters. The van der Waals surface area contributed by atoms with Crippen molar-refractivity contribution in [1.82, 2.24) is 15.2 Å². The summed E-state index contributed by atoms with van der Waals surface area (Å²) in [5, 5.41) is 12.9. The predicted molar refractivity (Wildman–Crippen MR) is 112 cm³/mol. The molecule has 26 heavy (non-hydrogen) atoms. The molecular weight excluding hydrogens is 389 g/mol. The second-order valence-electron chi connectivity index (χ2n) is 5.34. The molecule has 0 radical (unpaired) electrons. The van der Waals surface area contributed by atoms with Gasteiger partial charge < -0.3 is 5.32 Å². The summed E-state index contributed by atoms with van der Waals surface area (Å²) in [5.74, 6) is 0. The van der Waals surface area contributed by atoms with Gasteiger partial charge in [0.25, 0.3) is 0 Å². The van der Waals surface area contributed by atoms with Crippen LogP contribution in [-0.4, -0.2) is 21.1 Å². The van der Waals surface area contributed by atoms with E-state index in [2.05, 4.69) is 20.9 Å². The normalized spacial score (nSPS) is 10.9. The Balaban J connectivity index is 1.70. The van der Waals surface area contributed by atoms with E-state index in [1.807, 2.05) is 55.5 Å². The van der Waals surface area contributed by atoms with E-state index < -0.39 is 0 Å². The Morgan fingerprint density at radius 3 is 2.54 bits per heavy atom. The van der Waals surface area contributed by atoms with Gasteiger partial charge in [-0.25, -0.2) is 4.68 Å². The van der Waals surface area contributed by atoms with Crippen molar-refractivity contribution < 1.29 is 0 Å². The molecule has 2 N–H and O–H groups in total. The highest BCUT2D eigenvalue weighted by molar-refractivity contribution is 7.80. The van der Waals surface area contributed by atoms with Gasteiger partial charge in [0.2, 0.25) is 0 Å². The Bertz CT molecular complexity index is 953. The van der Waals surface area contributed by atoms with Crippen LogP contribution in [0.4, 0.5) is 5.69 Å². The number of hydrogen-bond donors (Lipinski definition) is 2. The van der Waals surface area contributed by atoms with Crippen LogP contribution in [0.5, 0.6) is 0 Å². The lowest BCUT2D eigenvalue weighted by molar-refractivity contribution is 0.863. The number of benzene rings is 2. The predicted octanol–water partition coefficient (Wildman–Crippen LogP) is 4.81. The topological polar surface area (TPSA) is 54.2 Å². The smallest absolute Gasteiger partial charge is 0.191 e. The molecule has 1 aromatic heterocycles. The van der Waals surface area contributed by atoms with Crippen LogP contribution in [0.25, 0.3) is 5.69 Å². The Labute approximate surface area is 166 Å². The van der Waals surface area contributed by atoms with Gasteiger partial charge in [0.1, 0.15) is 5.15 Å². The average molecular weight is 404 g/mol. The zero-order valence-corrected chi connectivity index (χ0v) is 16.1. The highest BCUT2D eigenvalue weighted by Gasteiger charge is 2.12. The SMILES string of the molecule is Cc1nn(-c2ccccc2)c(Cl)c1/C=N/NC(=S)Nc1ccccc1Cl. The minimum absolute atomic E-state index is 0.318. The number of para-hydroxylation sites is 2. The van der Waals surface area contributed by atoms with Crippen LogP contribution < -0.4 is 10.7 Å². The first kappa shape index (κ1) is 18.4. The molecule has 0 aliphatic carbocycles. The molecule has 0 spiro atoms. The Morgan fingerprint density at radius 2 is 1.81 bits per heavy atom. The van der Waals surface area contributed by atoms with Gasteiger partial charge in [0.15, 0.2) is 5.11 Å². The van der Waals surface area contributed by atoms with Crippen molar-refractivity contribution in [2.75, 3.05) is 5.32 Å². The second-order valence-corrected chi connectivity index (χ2v) is 6.51. The third kappa shape index (κ3) is 4.22. The summed E-state index contributed by atoms with van der Waals surface area (Å²) in [6.07, 6.45) is 1.59. The van der Waals surface area contributed by atoms with E-state index in [1.165, 1.54) is 0 Å². The summed E-state index contributed by atoms with van der Waals surface area (Å²) < 4.78 is 1.67. The third-order valence-corrected chi connectivity index (χ3v) is 4.42. The molecular formula is C18H15Cl2N5S. The molecule has 3 rings (SSSR count). The Kier molecular flexibility index (Phi) is 5.88. The molecule has 0 amide bonds. The van der Waals surface area contributed by atoms with Gasteiger partial charge in [0, 0.05) is 0 Å². The van der Waals surface area contributed by atoms with Gasteiger partial charge in [-0.3, -0.25) is 5.43 Å². The van der Waals surface area contributed by atoms with Crippen LogP contribution in [0, 0.1) is 6.92 Å². The molecule has 1 heterocycles. The highest BCUT2D eigenvalue weighted by Crippen LogP contribution is 2.22. The molecule has 132 valence electrons. The number of anilines is 1. The minimum atomic E-state index is 0.318. The lowest BCUT2D eigenvalue weighted by atomic mass is 10.3. The number of rotatable bonds is 4. The van der Waals surface area contributed by atoms with Crippen molar-refractivity contribution in [2.45, 2.75) is 6.92 Å². The van der Waals surface area contributed by atoms with Crippen molar-refractivity contribution in [3.8, 4) is 5.69 Å². The summed E-state index contributed by atoms with van der Waals surface area (Å²) in [6.45, 7) is 1.87. The third-order valence-electron chi connectivity index (χ3n) is 3.53. The zero-order valence-electron chi connectivity index (χ0n) is 13.8. The summed E-state index contributed by atoms with van der Waals surface area (Å²) in [5.41, 5.74) is 5.80. The number of aromatic nitrogens is 2. The van der Waals surface area contributed by atoms with Gasteiger partial charge in [-0.2, -0.15) is 10.2 Å². The van der Waals surface area contributed by atoms with E-state index in [0.717, 1.165) is 11.4 Å². The quantitative estimate of drug-likeness (QED) is 0.372. The molecule has 0 aliphatic rings. The standard InChI is InChI=1S/C18H15Cl2N5S/c1-12-14(17(20)25(24-12)13-7-3-2-4-8-13)11-21-23-18(26)22-16-10-6-5-9-15(16)19/h2-11H,1H3,(H2,22,23,26)/b21-11+. The molecule has 0 fully saturated rings. The summed E-state index contributed by atoms with van der Waals surface area (Å²) in [4.78, 5) is 0. The second kappa shape index (κ2) is 8.31. The first-order chi connectivity index (χ1) is 12.6. The van der Waals surface area contributed by atoms with Gasteiger partial charge >= 0.3 is 0 Å². The van der Waals surface area contributed by atoms with Crippen molar-refractivity contribution >= 4 is 52.4 Å². The van der Waals surface area contributed by atoms with Crippen LogP contribution in [-0.2, 0) is 0 Å². The number of aryl methyl sites for hydroxylation is 1. The number of thiocarbonyl (C=S) groups is 1. The van der Waals surface area contributed by atoms with Crippen molar-refractivity contribution in [3.63, 3.8) is 0 Å². The molecule has 8 heteroatoms. The Hall–Kier alpha value is -2.41. The van der Waals surface area contributed by atoms with Crippen molar-refractivity contribution in [1.29, 1.82) is 0 Å².